The van der Waals surface area contributed by atoms with Crippen molar-refractivity contribution in [3.05, 3.63) is 12.7 Å². The van der Waals surface area contributed by atoms with Gasteiger partial charge in [-0.15, -0.1) is 6.58 Å². The maximum absolute atomic E-state index is 12.2. The molecular weight excluding hydrogens is 212 g/mol. The van der Waals surface area contributed by atoms with Crippen molar-refractivity contribution in [1.29, 1.82) is 0 Å². The molecule has 0 saturated heterocycles. The Morgan fingerprint density at radius 3 is 1.94 bits per heavy atom. The number of carbonyl (C=O) groups excluding carboxylic acids is 2. The number of ketones is 2. The van der Waals surface area contributed by atoms with Gasteiger partial charge in [0.15, 0.2) is 0 Å². The SMILES string of the molecule is C=CC1CC1(C(=O)CCCC)C(=O)CCCC. The van der Waals surface area contributed by atoms with E-state index in [4.69, 9.17) is 0 Å². The Balaban J connectivity index is 2.67. The van der Waals surface area contributed by atoms with Crippen molar-refractivity contribution in [2.24, 2.45) is 11.3 Å². The zero-order valence-corrected chi connectivity index (χ0v) is 11.1. The van der Waals surface area contributed by atoms with E-state index >= 15 is 0 Å². The number of carbonyl (C=O) groups is 2. The molecule has 2 heteroatoms. The maximum Gasteiger partial charge on any atom is 0.147 e. The van der Waals surface area contributed by atoms with Gasteiger partial charge in [-0.2, -0.15) is 0 Å². The highest BCUT2D eigenvalue weighted by Crippen LogP contribution is 2.56. The highest BCUT2D eigenvalue weighted by molar-refractivity contribution is 6.10. The summed E-state index contributed by atoms with van der Waals surface area (Å²) in [6.07, 6.45) is 7.40. The third-order valence-electron chi connectivity index (χ3n) is 3.81. The van der Waals surface area contributed by atoms with Crippen LogP contribution in [-0.4, -0.2) is 11.6 Å². The van der Waals surface area contributed by atoms with E-state index in [0.29, 0.717) is 19.3 Å². The molecule has 0 aliphatic heterocycles. The fourth-order valence-electron chi connectivity index (χ4n) is 2.49. The van der Waals surface area contributed by atoms with E-state index in [1.807, 2.05) is 0 Å². The van der Waals surface area contributed by atoms with Crippen LogP contribution in [0.2, 0.25) is 0 Å². The van der Waals surface area contributed by atoms with Gasteiger partial charge >= 0.3 is 0 Å². The van der Waals surface area contributed by atoms with Crippen LogP contribution in [0.1, 0.15) is 58.8 Å². The summed E-state index contributed by atoms with van der Waals surface area (Å²) in [6.45, 7) is 7.87. The smallest absolute Gasteiger partial charge is 0.147 e. The number of allylic oxidation sites excluding steroid dienone is 1. The summed E-state index contributed by atoms with van der Waals surface area (Å²) in [7, 11) is 0. The molecule has 1 unspecified atom stereocenters. The minimum atomic E-state index is -0.661. The van der Waals surface area contributed by atoms with Crippen molar-refractivity contribution in [3.63, 3.8) is 0 Å². The Bertz CT molecular complexity index is 284. The Kier molecular flexibility index (Phi) is 5.10. The average Bonchev–Trinajstić information content (AvgIpc) is 3.08. The van der Waals surface area contributed by atoms with E-state index in [2.05, 4.69) is 20.4 Å². The molecule has 0 spiro atoms. The van der Waals surface area contributed by atoms with Crippen LogP contribution >= 0.6 is 0 Å². The standard InChI is InChI=1S/C15H24O2/c1-4-7-9-13(16)15(11-12(15)6-3)14(17)10-8-5-2/h6,12H,3-5,7-11H2,1-2H3. The van der Waals surface area contributed by atoms with Crippen LogP contribution < -0.4 is 0 Å². The quantitative estimate of drug-likeness (QED) is 0.452. The number of unbranched alkanes of at least 4 members (excludes halogenated alkanes) is 2. The lowest BCUT2D eigenvalue weighted by Gasteiger charge is -2.14. The van der Waals surface area contributed by atoms with Crippen LogP contribution in [-0.2, 0) is 9.59 Å². The largest absolute Gasteiger partial charge is 0.299 e. The van der Waals surface area contributed by atoms with Crippen LogP contribution in [0.25, 0.3) is 0 Å². The van der Waals surface area contributed by atoms with E-state index in [1.165, 1.54) is 0 Å². The van der Waals surface area contributed by atoms with Gasteiger partial charge in [-0.05, 0) is 25.2 Å². The monoisotopic (exact) mass is 236 g/mol. The molecule has 0 aromatic rings. The summed E-state index contributed by atoms with van der Waals surface area (Å²) < 4.78 is 0. The molecule has 1 saturated carbocycles. The maximum atomic E-state index is 12.2. The fourth-order valence-corrected chi connectivity index (χ4v) is 2.49. The second-order valence-corrected chi connectivity index (χ2v) is 5.07. The highest BCUT2D eigenvalue weighted by Gasteiger charge is 2.61. The Hall–Kier alpha value is -0.920. The predicted molar refractivity (Wildman–Crippen MR) is 69.8 cm³/mol. The Morgan fingerprint density at radius 2 is 1.65 bits per heavy atom. The second kappa shape index (κ2) is 6.13. The molecule has 2 nitrogen and oxygen atoms in total. The van der Waals surface area contributed by atoms with E-state index < -0.39 is 5.41 Å². The predicted octanol–water partition coefficient (Wildman–Crippen LogP) is 3.70. The molecule has 17 heavy (non-hydrogen) atoms. The summed E-state index contributed by atoms with van der Waals surface area (Å²) in [6, 6.07) is 0. The number of rotatable bonds is 9. The molecule has 1 aliphatic carbocycles. The van der Waals surface area contributed by atoms with Gasteiger partial charge in [0.25, 0.3) is 0 Å². The zero-order chi connectivity index (χ0) is 12.9. The van der Waals surface area contributed by atoms with Crippen molar-refractivity contribution >= 4 is 11.6 Å². The average molecular weight is 236 g/mol. The van der Waals surface area contributed by atoms with Gasteiger partial charge in [0.05, 0.1) is 5.41 Å². The zero-order valence-electron chi connectivity index (χ0n) is 11.1. The minimum absolute atomic E-state index is 0.108. The summed E-state index contributed by atoms with van der Waals surface area (Å²) in [4.78, 5) is 24.4. The molecule has 0 aromatic heterocycles. The summed E-state index contributed by atoms with van der Waals surface area (Å²) in [5.41, 5.74) is -0.661. The summed E-state index contributed by atoms with van der Waals surface area (Å²) in [5, 5.41) is 0. The summed E-state index contributed by atoms with van der Waals surface area (Å²) in [5.74, 6) is 0.423. The Morgan fingerprint density at radius 1 is 1.18 bits per heavy atom. The minimum Gasteiger partial charge on any atom is -0.299 e. The van der Waals surface area contributed by atoms with Gasteiger partial charge in [-0.3, -0.25) is 9.59 Å². The normalized spacial score (nSPS) is 20.9. The van der Waals surface area contributed by atoms with Gasteiger partial charge in [-0.1, -0.05) is 32.8 Å². The van der Waals surface area contributed by atoms with Crippen LogP contribution in [0.15, 0.2) is 12.7 Å². The molecule has 1 fully saturated rings. The molecule has 0 heterocycles. The third kappa shape index (κ3) is 2.85. The van der Waals surface area contributed by atoms with Gasteiger partial charge < -0.3 is 0 Å². The molecule has 1 aliphatic rings. The number of hydrogen-bond donors (Lipinski definition) is 0. The molecule has 0 amide bonds. The Labute approximate surface area is 104 Å². The molecule has 0 N–H and O–H groups in total. The van der Waals surface area contributed by atoms with E-state index in [1.54, 1.807) is 6.08 Å². The van der Waals surface area contributed by atoms with Crippen molar-refractivity contribution in [2.75, 3.05) is 0 Å². The number of hydrogen-bond acceptors (Lipinski definition) is 2. The second-order valence-electron chi connectivity index (χ2n) is 5.07. The van der Waals surface area contributed by atoms with E-state index in [-0.39, 0.29) is 17.5 Å². The lowest BCUT2D eigenvalue weighted by Crippen LogP contribution is -2.27. The van der Waals surface area contributed by atoms with Crippen LogP contribution in [0.3, 0.4) is 0 Å². The van der Waals surface area contributed by atoms with Crippen molar-refractivity contribution < 1.29 is 9.59 Å². The van der Waals surface area contributed by atoms with Crippen LogP contribution in [0.5, 0.6) is 0 Å². The van der Waals surface area contributed by atoms with Crippen molar-refractivity contribution in [3.8, 4) is 0 Å². The molecule has 1 atom stereocenters. The topological polar surface area (TPSA) is 34.1 Å². The van der Waals surface area contributed by atoms with Crippen LogP contribution in [0, 0.1) is 11.3 Å². The molecule has 1 rings (SSSR count). The molecule has 0 radical (unpaired) electrons. The molecule has 96 valence electrons. The van der Waals surface area contributed by atoms with Gasteiger partial charge in [0.1, 0.15) is 11.6 Å². The first kappa shape index (κ1) is 14.1. The van der Waals surface area contributed by atoms with Gasteiger partial charge in [-0.25, -0.2) is 0 Å². The van der Waals surface area contributed by atoms with Gasteiger partial charge in [0.2, 0.25) is 0 Å². The first-order chi connectivity index (χ1) is 8.13. The third-order valence-corrected chi connectivity index (χ3v) is 3.81. The summed E-state index contributed by atoms with van der Waals surface area (Å²) >= 11 is 0. The van der Waals surface area contributed by atoms with E-state index in [9.17, 15) is 9.59 Å². The molecular formula is C15H24O2. The number of Topliss-reactive ketones (excluding diaryl/α,β-unsaturated/α-hetero) is 2. The fraction of sp³-hybridized carbons (Fsp3) is 0.733. The van der Waals surface area contributed by atoms with Crippen molar-refractivity contribution in [1.82, 2.24) is 0 Å². The van der Waals surface area contributed by atoms with Crippen molar-refractivity contribution in [2.45, 2.75) is 58.8 Å². The lowest BCUT2D eigenvalue weighted by molar-refractivity contribution is -0.135. The van der Waals surface area contributed by atoms with Crippen LogP contribution in [0.4, 0.5) is 0 Å². The molecule has 0 aromatic carbocycles. The van der Waals surface area contributed by atoms with Gasteiger partial charge in [0, 0.05) is 12.8 Å². The highest BCUT2D eigenvalue weighted by atomic mass is 16.2. The first-order valence-electron chi connectivity index (χ1n) is 6.82. The lowest BCUT2D eigenvalue weighted by atomic mass is 9.87. The first-order valence-corrected chi connectivity index (χ1v) is 6.82. The van der Waals surface area contributed by atoms with E-state index in [0.717, 1.165) is 25.7 Å². The molecule has 0 bridgehead atoms.